The van der Waals surface area contributed by atoms with Gasteiger partial charge >= 0.3 is 0 Å². The zero-order chi connectivity index (χ0) is 13.8. The van der Waals surface area contributed by atoms with Crippen molar-refractivity contribution in [1.29, 1.82) is 0 Å². The van der Waals surface area contributed by atoms with Crippen LogP contribution in [0.3, 0.4) is 0 Å². The topological polar surface area (TPSA) is 12.0 Å². The number of benzene rings is 2. The third kappa shape index (κ3) is 3.40. The van der Waals surface area contributed by atoms with E-state index in [2.05, 4.69) is 48.6 Å². The van der Waals surface area contributed by atoms with Crippen LogP contribution in [-0.2, 0) is 6.42 Å². The predicted octanol–water partition coefficient (Wildman–Crippen LogP) is 4.61. The van der Waals surface area contributed by atoms with Gasteiger partial charge in [0.2, 0.25) is 0 Å². The smallest absolute Gasteiger partial charge is 0.00682 e. The van der Waals surface area contributed by atoms with Gasteiger partial charge in [0.1, 0.15) is 0 Å². The fourth-order valence-corrected chi connectivity index (χ4v) is 2.94. The van der Waals surface area contributed by atoms with Crippen molar-refractivity contribution < 1.29 is 0 Å². The van der Waals surface area contributed by atoms with Gasteiger partial charge in [0.25, 0.3) is 0 Å². The molecule has 1 saturated carbocycles. The molecule has 0 heterocycles. The Bertz CT molecular complexity index is 569. The summed E-state index contributed by atoms with van der Waals surface area (Å²) in [7, 11) is 0. The molecule has 3 rings (SSSR count). The fourth-order valence-electron chi connectivity index (χ4n) is 2.94. The van der Waals surface area contributed by atoms with Gasteiger partial charge in [-0.05, 0) is 67.5 Å². The van der Waals surface area contributed by atoms with E-state index in [-0.39, 0.29) is 0 Å². The Morgan fingerprint density at radius 1 is 0.950 bits per heavy atom. The van der Waals surface area contributed by atoms with E-state index in [4.69, 9.17) is 0 Å². The molecule has 1 fully saturated rings. The Morgan fingerprint density at radius 2 is 1.75 bits per heavy atom. The summed E-state index contributed by atoms with van der Waals surface area (Å²) < 4.78 is 0. The van der Waals surface area contributed by atoms with Gasteiger partial charge in [0.05, 0.1) is 0 Å². The highest BCUT2D eigenvalue weighted by Crippen LogP contribution is 2.24. The maximum atomic E-state index is 3.59. The fraction of sp³-hybridized carbons (Fsp3) is 0.474. The molecule has 0 bridgehead atoms. The highest BCUT2D eigenvalue weighted by atomic mass is 14.9. The van der Waals surface area contributed by atoms with Crippen molar-refractivity contribution in [3.05, 3.63) is 47.5 Å². The molecule has 0 aliphatic heterocycles. The third-order valence-electron chi connectivity index (χ3n) is 4.37. The molecule has 1 aliphatic rings. The zero-order valence-corrected chi connectivity index (χ0v) is 12.5. The van der Waals surface area contributed by atoms with E-state index in [1.807, 2.05) is 0 Å². The normalized spacial score (nSPS) is 14.8. The lowest BCUT2D eigenvalue weighted by Gasteiger charge is -2.09. The van der Waals surface area contributed by atoms with Crippen LogP contribution in [0, 0.1) is 6.92 Å². The maximum absolute atomic E-state index is 3.59. The van der Waals surface area contributed by atoms with E-state index in [0.29, 0.717) is 0 Å². The molecule has 106 valence electrons. The number of unbranched alkanes of at least 4 members (excludes halogenated alkanes) is 2. The van der Waals surface area contributed by atoms with Crippen LogP contribution in [-0.4, -0.2) is 12.6 Å². The summed E-state index contributed by atoms with van der Waals surface area (Å²) >= 11 is 0. The first kappa shape index (κ1) is 13.6. The van der Waals surface area contributed by atoms with E-state index in [0.717, 1.165) is 6.04 Å². The standard InChI is InChI=1S/C19H25N/c1-15-10-11-16(19-9-5-4-8-18(15)19)7-3-2-6-14-20-17-12-13-17/h4-5,8-11,17,20H,2-3,6-7,12-14H2,1H3. The molecule has 0 atom stereocenters. The summed E-state index contributed by atoms with van der Waals surface area (Å²) in [5.74, 6) is 0. The van der Waals surface area contributed by atoms with E-state index in [9.17, 15) is 0 Å². The minimum Gasteiger partial charge on any atom is -0.314 e. The number of aryl methyl sites for hydroxylation is 2. The molecule has 2 aromatic carbocycles. The van der Waals surface area contributed by atoms with Crippen molar-refractivity contribution in [2.75, 3.05) is 6.54 Å². The van der Waals surface area contributed by atoms with Gasteiger partial charge in [-0.25, -0.2) is 0 Å². The Hall–Kier alpha value is -1.34. The average Bonchev–Trinajstić information content (AvgIpc) is 3.29. The van der Waals surface area contributed by atoms with Crippen molar-refractivity contribution in [3.63, 3.8) is 0 Å². The molecule has 2 aromatic rings. The Kier molecular flexibility index (Phi) is 4.37. The van der Waals surface area contributed by atoms with Crippen LogP contribution in [0.25, 0.3) is 10.8 Å². The van der Waals surface area contributed by atoms with Crippen LogP contribution in [0.5, 0.6) is 0 Å². The summed E-state index contributed by atoms with van der Waals surface area (Å²) in [4.78, 5) is 0. The van der Waals surface area contributed by atoms with E-state index >= 15 is 0 Å². The lowest BCUT2D eigenvalue weighted by Crippen LogP contribution is -2.17. The van der Waals surface area contributed by atoms with Crippen molar-refractivity contribution in [2.45, 2.75) is 51.5 Å². The molecule has 1 N–H and O–H groups in total. The molecule has 0 amide bonds. The van der Waals surface area contributed by atoms with Crippen molar-refractivity contribution in [2.24, 2.45) is 0 Å². The maximum Gasteiger partial charge on any atom is 0.00682 e. The second kappa shape index (κ2) is 6.41. The number of hydrogen-bond donors (Lipinski definition) is 1. The van der Waals surface area contributed by atoms with Gasteiger partial charge in [-0.1, -0.05) is 42.8 Å². The van der Waals surface area contributed by atoms with Crippen molar-refractivity contribution >= 4 is 10.8 Å². The number of fused-ring (bicyclic) bond motifs is 1. The van der Waals surface area contributed by atoms with Crippen LogP contribution < -0.4 is 5.32 Å². The number of hydrogen-bond acceptors (Lipinski definition) is 1. The highest BCUT2D eigenvalue weighted by Gasteiger charge is 2.19. The summed E-state index contributed by atoms with van der Waals surface area (Å²) in [6.07, 6.45) is 7.97. The largest absolute Gasteiger partial charge is 0.314 e. The molecule has 0 aromatic heterocycles. The zero-order valence-electron chi connectivity index (χ0n) is 12.5. The van der Waals surface area contributed by atoms with Crippen molar-refractivity contribution in [3.8, 4) is 0 Å². The molecular formula is C19H25N. The molecule has 0 spiro atoms. The number of nitrogens with one attached hydrogen (secondary N) is 1. The predicted molar refractivity (Wildman–Crippen MR) is 87.3 cm³/mol. The Balaban J connectivity index is 1.53. The van der Waals surface area contributed by atoms with E-state index < -0.39 is 0 Å². The van der Waals surface area contributed by atoms with Crippen LogP contribution in [0.2, 0.25) is 0 Å². The molecule has 0 unspecified atom stereocenters. The second-order valence-corrected chi connectivity index (χ2v) is 6.13. The van der Waals surface area contributed by atoms with Gasteiger partial charge in [0, 0.05) is 6.04 Å². The molecular weight excluding hydrogens is 242 g/mol. The van der Waals surface area contributed by atoms with Gasteiger partial charge in [-0.15, -0.1) is 0 Å². The molecule has 1 heteroatoms. The number of rotatable bonds is 7. The molecule has 1 nitrogen and oxygen atoms in total. The lowest BCUT2D eigenvalue weighted by molar-refractivity contribution is 0.601. The van der Waals surface area contributed by atoms with Gasteiger partial charge in [-0.3, -0.25) is 0 Å². The summed E-state index contributed by atoms with van der Waals surface area (Å²) in [6.45, 7) is 3.41. The van der Waals surface area contributed by atoms with Crippen LogP contribution in [0.1, 0.15) is 43.2 Å². The van der Waals surface area contributed by atoms with E-state index in [1.54, 1.807) is 0 Å². The minimum atomic E-state index is 0.857. The first-order valence-electron chi connectivity index (χ1n) is 8.05. The van der Waals surface area contributed by atoms with E-state index in [1.165, 1.54) is 67.0 Å². The Morgan fingerprint density at radius 3 is 2.55 bits per heavy atom. The van der Waals surface area contributed by atoms with Crippen LogP contribution in [0.4, 0.5) is 0 Å². The van der Waals surface area contributed by atoms with Crippen molar-refractivity contribution in [1.82, 2.24) is 5.32 Å². The second-order valence-electron chi connectivity index (χ2n) is 6.13. The van der Waals surface area contributed by atoms with Crippen LogP contribution in [0.15, 0.2) is 36.4 Å². The SMILES string of the molecule is Cc1ccc(CCCCCNC2CC2)c2ccccc12. The first-order chi connectivity index (χ1) is 9.84. The lowest BCUT2D eigenvalue weighted by atomic mass is 9.97. The monoisotopic (exact) mass is 267 g/mol. The van der Waals surface area contributed by atoms with Gasteiger partial charge in [0.15, 0.2) is 0 Å². The van der Waals surface area contributed by atoms with Gasteiger partial charge < -0.3 is 5.32 Å². The van der Waals surface area contributed by atoms with Gasteiger partial charge in [-0.2, -0.15) is 0 Å². The summed E-state index contributed by atoms with van der Waals surface area (Å²) in [6, 6.07) is 14.3. The minimum absolute atomic E-state index is 0.857. The molecule has 0 radical (unpaired) electrons. The highest BCUT2D eigenvalue weighted by molar-refractivity contribution is 5.88. The van der Waals surface area contributed by atoms with Crippen LogP contribution >= 0.6 is 0 Å². The quantitative estimate of drug-likeness (QED) is 0.722. The summed E-state index contributed by atoms with van der Waals surface area (Å²) in [5.41, 5.74) is 2.90. The summed E-state index contributed by atoms with van der Waals surface area (Å²) in [5, 5.41) is 6.46. The Labute approximate surface area is 122 Å². The first-order valence-corrected chi connectivity index (χ1v) is 8.05. The molecule has 1 aliphatic carbocycles. The average molecular weight is 267 g/mol. The molecule has 20 heavy (non-hydrogen) atoms. The molecule has 0 saturated heterocycles. The third-order valence-corrected chi connectivity index (χ3v) is 4.37.